The van der Waals surface area contributed by atoms with E-state index in [2.05, 4.69) is 305 Å². The van der Waals surface area contributed by atoms with Crippen molar-refractivity contribution in [1.29, 1.82) is 0 Å². The summed E-state index contributed by atoms with van der Waals surface area (Å²) in [7, 11) is 0. The highest BCUT2D eigenvalue weighted by Crippen LogP contribution is 2.57. The molecule has 1 aliphatic carbocycles. The average Bonchev–Trinajstić information content (AvgIpc) is 3.15. The maximum absolute atomic E-state index is 6.98. The minimum absolute atomic E-state index is 0.0105. The van der Waals surface area contributed by atoms with E-state index in [0.717, 1.165) is 61.7 Å². The molecule has 1 atom stereocenters. The summed E-state index contributed by atoms with van der Waals surface area (Å²) < 4.78 is 9.30. The smallest absolute Gasteiger partial charge is 0.137 e. The van der Waals surface area contributed by atoms with E-state index in [9.17, 15) is 0 Å². The fraction of sp³-hybridized carbons (Fsp3) is 0.133. The summed E-state index contributed by atoms with van der Waals surface area (Å²) >= 11 is 0. The number of pyridine rings is 1. The second-order valence-electron chi connectivity index (χ2n) is 23.6. The first kappa shape index (κ1) is 48.9. The van der Waals surface area contributed by atoms with E-state index in [-0.39, 0.29) is 10.8 Å². The topological polar surface area (TPSA) is 33.5 Å². The van der Waals surface area contributed by atoms with E-state index < -0.39 is 5.41 Å². The Labute approximate surface area is 469 Å². The van der Waals surface area contributed by atoms with Crippen LogP contribution in [0.4, 0.5) is 22.7 Å². The van der Waals surface area contributed by atoms with Crippen LogP contribution in [0.15, 0.2) is 255 Å². The molecule has 1 aliphatic heterocycles. The van der Waals surface area contributed by atoms with Crippen LogP contribution < -0.4 is 14.5 Å². The van der Waals surface area contributed by atoms with E-state index in [1.54, 1.807) is 0 Å². The second-order valence-corrected chi connectivity index (χ2v) is 23.6. The first-order valence-corrected chi connectivity index (χ1v) is 28.0. The van der Waals surface area contributed by atoms with Gasteiger partial charge in [-0.3, -0.25) is 4.57 Å². The fourth-order valence-corrected chi connectivity index (χ4v) is 12.8. The molecule has 2 aliphatic rings. The van der Waals surface area contributed by atoms with Crippen molar-refractivity contribution in [1.82, 2.24) is 9.55 Å². The molecule has 12 aromatic rings. The number of hydrogen-bond acceptors (Lipinski definition) is 4. The Hall–Kier alpha value is -9.45. The molecule has 0 N–H and O–H groups in total. The lowest BCUT2D eigenvalue weighted by molar-refractivity contribution is 0.483. The number of nitrogens with zero attached hydrogens (tertiary/aromatic N) is 4. The third-order valence-corrected chi connectivity index (χ3v) is 16.7. The number of aromatic nitrogens is 2. The number of benzene rings is 10. The average molecular weight is 1040 g/mol. The summed E-state index contributed by atoms with van der Waals surface area (Å²) in [5.74, 6) is 2.34. The van der Waals surface area contributed by atoms with Gasteiger partial charge >= 0.3 is 0 Å². The van der Waals surface area contributed by atoms with Crippen LogP contribution in [0.1, 0.15) is 74.9 Å². The fourth-order valence-electron chi connectivity index (χ4n) is 12.8. The van der Waals surface area contributed by atoms with E-state index in [1.807, 2.05) is 6.20 Å². The Morgan fingerprint density at radius 1 is 0.412 bits per heavy atom. The normalized spacial score (nSPS) is 14.8. The molecule has 1 unspecified atom stereocenters. The number of fused-ring (bicyclic) bond motifs is 7. The number of rotatable bonds is 9. The number of anilines is 4. The van der Waals surface area contributed by atoms with Gasteiger partial charge in [0.1, 0.15) is 24.0 Å². The highest BCUT2D eigenvalue weighted by atomic mass is 16.5. The van der Waals surface area contributed by atoms with E-state index in [1.165, 1.54) is 66.9 Å². The Morgan fingerprint density at radius 2 is 1.00 bits per heavy atom. The monoisotopic (exact) mass is 1030 g/mol. The van der Waals surface area contributed by atoms with Gasteiger partial charge in [0.15, 0.2) is 0 Å². The number of para-hydroxylation sites is 4. The Bertz CT molecular complexity index is 4280. The third-order valence-electron chi connectivity index (χ3n) is 16.7. The minimum atomic E-state index is -0.614. The molecule has 0 saturated carbocycles. The molecule has 80 heavy (non-hydrogen) atoms. The van der Waals surface area contributed by atoms with Crippen LogP contribution in [-0.2, 0) is 16.2 Å². The molecule has 14 rings (SSSR count). The Kier molecular flexibility index (Phi) is 11.5. The zero-order valence-electron chi connectivity index (χ0n) is 46.2. The van der Waals surface area contributed by atoms with Crippen molar-refractivity contribution in [3.8, 4) is 50.7 Å². The third kappa shape index (κ3) is 8.02. The highest BCUT2D eigenvalue weighted by Gasteiger charge is 2.47. The molecular formula is C75H62N4O. The first-order chi connectivity index (χ1) is 38.9. The van der Waals surface area contributed by atoms with Crippen LogP contribution in [0.25, 0.3) is 61.0 Å². The van der Waals surface area contributed by atoms with Gasteiger partial charge in [0.05, 0.1) is 33.5 Å². The van der Waals surface area contributed by atoms with Gasteiger partial charge in [0.25, 0.3) is 0 Å². The molecule has 0 fully saturated rings. The lowest BCUT2D eigenvalue weighted by Crippen LogP contribution is -2.29. The summed E-state index contributed by atoms with van der Waals surface area (Å²) in [6, 6.07) is 90.8. The van der Waals surface area contributed by atoms with Crippen LogP contribution in [-0.4, -0.2) is 16.2 Å². The standard InChI is InChI=1S/C75H62N4O/c1-73(2,3)52-35-37-53(38-36-52)75(65-31-15-13-27-61(65)64-45-54(74(4,5)6)39-42-66(64)75)55-43-44-76-71(46-55)79-67-32-16-14-28-62(67)63-41-40-58(48-70(63)79)80-57-26-19-25-56(47-57)77-49-78(69-34-18-17-33-68(69)77)72-59(50-21-9-7-10-22-50)29-20-30-60(72)51-23-11-8-12-24-51/h7-48H,49H2,1-6H3. The summed E-state index contributed by atoms with van der Waals surface area (Å²) in [6.45, 7) is 14.4. The van der Waals surface area contributed by atoms with Crippen molar-refractivity contribution in [3.63, 3.8) is 0 Å². The zero-order valence-corrected chi connectivity index (χ0v) is 46.2. The minimum Gasteiger partial charge on any atom is -0.457 e. The second kappa shape index (κ2) is 18.9. The van der Waals surface area contributed by atoms with Gasteiger partial charge < -0.3 is 14.5 Å². The van der Waals surface area contributed by atoms with Crippen LogP contribution in [0, 0.1) is 0 Å². The van der Waals surface area contributed by atoms with Crippen LogP contribution in [0.2, 0.25) is 0 Å². The van der Waals surface area contributed by atoms with Gasteiger partial charge in [-0.25, -0.2) is 4.98 Å². The van der Waals surface area contributed by atoms with E-state index in [0.29, 0.717) is 6.67 Å². The number of ether oxygens (including phenoxy) is 1. The predicted octanol–water partition coefficient (Wildman–Crippen LogP) is 19.5. The van der Waals surface area contributed by atoms with Crippen LogP contribution in [0.5, 0.6) is 11.5 Å². The largest absolute Gasteiger partial charge is 0.457 e. The lowest BCUT2D eigenvalue weighted by atomic mass is 9.67. The molecule has 3 heterocycles. The molecule has 0 spiro atoms. The van der Waals surface area contributed by atoms with Crippen molar-refractivity contribution >= 4 is 44.6 Å². The number of hydrogen-bond donors (Lipinski definition) is 0. The van der Waals surface area contributed by atoms with Gasteiger partial charge in [-0.15, -0.1) is 0 Å². The Morgan fingerprint density at radius 3 is 1.73 bits per heavy atom. The van der Waals surface area contributed by atoms with E-state index >= 15 is 0 Å². The van der Waals surface area contributed by atoms with Gasteiger partial charge in [-0.2, -0.15) is 0 Å². The first-order valence-electron chi connectivity index (χ1n) is 28.0. The van der Waals surface area contributed by atoms with Gasteiger partial charge in [-0.1, -0.05) is 224 Å². The summed E-state index contributed by atoms with van der Waals surface area (Å²) in [5, 5.41) is 2.29. The molecule has 0 bridgehead atoms. The maximum Gasteiger partial charge on any atom is 0.137 e. The molecule has 2 aromatic heterocycles. The molecule has 0 amide bonds. The van der Waals surface area contributed by atoms with Gasteiger partial charge in [0, 0.05) is 45.9 Å². The molecule has 0 radical (unpaired) electrons. The zero-order chi connectivity index (χ0) is 54.3. The quantitative estimate of drug-likeness (QED) is 0.144. The Balaban J connectivity index is 0.864. The van der Waals surface area contributed by atoms with Crippen LogP contribution >= 0.6 is 0 Å². The van der Waals surface area contributed by atoms with E-state index in [4.69, 9.17) is 9.72 Å². The highest BCUT2D eigenvalue weighted by molar-refractivity contribution is 6.09. The van der Waals surface area contributed by atoms with Crippen molar-refractivity contribution in [2.45, 2.75) is 57.8 Å². The molecule has 10 aromatic carbocycles. The van der Waals surface area contributed by atoms with Crippen LogP contribution in [0.3, 0.4) is 0 Å². The summed E-state index contributed by atoms with van der Waals surface area (Å²) in [6.07, 6.45) is 2.01. The van der Waals surface area contributed by atoms with Crippen molar-refractivity contribution in [2.75, 3.05) is 16.5 Å². The SMILES string of the molecule is CC(C)(C)c1ccc(C2(c3ccnc(-n4c5ccccc5c5ccc(Oc6cccc(N7CN(c8c(-c9ccccc9)cccc8-c8ccccc8)c8ccccc87)c6)cc54)c3)c3ccccc3-c3cc(C(C)(C)C)ccc32)cc1. The lowest BCUT2D eigenvalue weighted by Gasteiger charge is -2.35. The molecule has 5 nitrogen and oxygen atoms in total. The van der Waals surface area contributed by atoms with Crippen molar-refractivity contribution in [3.05, 3.63) is 288 Å². The predicted molar refractivity (Wildman–Crippen MR) is 333 cm³/mol. The van der Waals surface area contributed by atoms with Crippen molar-refractivity contribution in [2.24, 2.45) is 0 Å². The molecule has 5 heteroatoms. The van der Waals surface area contributed by atoms with Gasteiger partial charge in [0.2, 0.25) is 0 Å². The summed E-state index contributed by atoms with van der Waals surface area (Å²) in [4.78, 5) is 10.1. The maximum atomic E-state index is 6.98. The molecule has 0 saturated heterocycles. The van der Waals surface area contributed by atoms with Gasteiger partial charge in [-0.05, 0) is 121 Å². The van der Waals surface area contributed by atoms with Crippen molar-refractivity contribution < 1.29 is 4.74 Å². The molecular weight excluding hydrogens is 973 g/mol. The summed E-state index contributed by atoms with van der Waals surface area (Å²) in [5.41, 5.74) is 20.9. The molecule has 388 valence electrons.